The molecule has 1 aliphatic rings. The van der Waals surface area contributed by atoms with Crippen molar-refractivity contribution in [3.8, 4) is 0 Å². The summed E-state index contributed by atoms with van der Waals surface area (Å²) in [5, 5.41) is 2.94. The van der Waals surface area contributed by atoms with E-state index in [9.17, 15) is 4.79 Å². The quantitative estimate of drug-likeness (QED) is 0.740. The van der Waals surface area contributed by atoms with Gasteiger partial charge in [-0.2, -0.15) is 0 Å². The number of likely N-dealkylation sites (tertiary alicyclic amines) is 1. The number of carbonyl (C=O) groups is 1. The summed E-state index contributed by atoms with van der Waals surface area (Å²) in [4.78, 5) is 14.0. The maximum Gasteiger partial charge on any atom is 0.223 e. The Bertz CT molecular complexity index is 201. The minimum absolute atomic E-state index is 0.0974. The third-order valence-electron chi connectivity index (χ3n) is 3.06. The molecule has 15 heavy (non-hydrogen) atoms. The molecule has 0 aromatic carbocycles. The minimum Gasteiger partial charge on any atom is -0.380 e. The Morgan fingerprint density at radius 1 is 1.53 bits per heavy atom. The molecule has 1 heterocycles. The molecule has 1 aliphatic heterocycles. The van der Waals surface area contributed by atoms with E-state index < -0.39 is 0 Å². The van der Waals surface area contributed by atoms with Gasteiger partial charge in [0.1, 0.15) is 0 Å². The summed E-state index contributed by atoms with van der Waals surface area (Å²) in [5.74, 6) is 0.386. The van der Waals surface area contributed by atoms with Crippen molar-refractivity contribution in [1.29, 1.82) is 0 Å². The molecule has 4 nitrogen and oxygen atoms in total. The molecule has 0 saturated carbocycles. The van der Waals surface area contributed by atoms with Crippen LogP contribution in [0.4, 0.5) is 0 Å². The van der Waals surface area contributed by atoms with E-state index in [-0.39, 0.29) is 17.9 Å². The number of nitrogens with one attached hydrogen (secondary N) is 1. The van der Waals surface area contributed by atoms with E-state index in [2.05, 4.69) is 17.3 Å². The van der Waals surface area contributed by atoms with Gasteiger partial charge in [-0.15, -0.1) is 0 Å². The van der Waals surface area contributed by atoms with Gasteiger partial charge in [-0.3, -0.25) is 4.79 Å². The first-order chi connectivity index (χ1) is 7.13. The number of carbonyl (C=O) groups excluding carboxylic acids is 1. The average molecular weight is 214 g/mol. The van der Waals surface area contributed by atoms with Crippen LogP contribution in [0.15, 0.2) is 0 Å². The second-order valence-corrected chi connectivity index (χ2v) is 4.37. The van der Waals surface area contributed by atoms with Crippen LogP contribution >= 0.6 is 0 Å². The summed E-state index contributed by atoms with van der Waals surface area (Å²) in [6, 6.07) is 0. The van der Waals surface area contributed by atoms with Gasteiger partial charge in [0.2, 0.25) is 5.91 Å². The van der Waals surface area contributed by atoms with Crippen LogP contribution in [0.3, 0.4) is 0 Å². The molecule has 1 saturated heterocycles. The molecule has 0 radical (unpaired) electrons. The van der Waals surface area contributed by atoms with Gasteiger partial charge in [0.15, 0.2) is 0 Å². The Morgan fingerprint density at radius 3 is 2.67 bits per heavy atom. The van der Waals surface area contributed by atoms with Crippen LogP contribution in [-0.4, -0.2) is 50.7 Å². The lowest BCUT2D eigenvalue weighted by Gasteiger charge is -2.28. The fourth-order valence-electron chi connectivity index (χ4n) is 1.74. The Hall–Kier alpha value is -0.610. The second kappa shape index (κ2) is 6.08. The highest BCUT2D eigenvalue weighted by Crippen LogP contribution is 2.15. The van der Waals surface area contributed by atoms with Crippen LogP contribution < -0.4 is 5.32 Å². The maximum atomic E-state index is 11.7. The molecule has 1 rings (SSSR count). The van der Waals surface area contributed by atoms with Gasteiger partial charge >= 0.3 is 0 Å². The zero-order valence-corrected chi connectivity index (χ0v) is 9.95. The molecule has 88 valence electrons. The van der Waals surface area contributed by atoms with Gasteiger partial charge < -0.3 is 15.0 Å². The smallest absolute Gasteiger partial charge is 0.223 e. The Balaban J connectivity index is 2.22. The Kier molecular flexibility index (Phi) is 5.05. The van der Waals surface area contributed by atoms with Crippen LogP contribution in [0.1, 0.15) is 19.8 Å². The third kappa shape index (κ3) is 4.18. The van der Waals surface area contributed by atoms with Gasteiger partial charge in [-0.25, -0.2) is 0 Å². The van der Waals surface area contributed by atoms with Crippen LogP contribution in [0.2, 0.25) is 0 Å². The Morgan fingerprint density at radius 2 is 2.13 bits per heavy atom. The number of amides is 1. The van der Waals surface area contributed by atoms with E-state index in [1.807, 2.05) is 6.92 Å². The summed E-state index contributed by atoms with van der Waals surface area (Å²) in [6.07, 6.45) is 2.05. The average Bonchev–Trinajstić information content (AvgIpc) is 2.26. The predicted molar refractivity (Wildman–Crippen MR) is 59.7 cm³/mol. The molecule has 0 bridgehead atoms. The highest BCUT2D eigenvalue weighted by Gasteiger charge is 2.23. The van der Waals surface area contributed by atoms with Crippen LogP contribution in [0, 0.1) is 5.92 Å². The fraction of sp³-hybridized carbons (Fsp3) is 0.909. The number of nitrogens with zero attached hydrogens (tertiary/aromatic N) is 1. The van der Waals surface area contributed by atoms with Crippen LogP contribution in [-0.2, 0) is 9.53 Å². The standard InChI is InChI=1S/C11H22N2O2/c1-9(15-3)8-12-11(14)10-4-6-13(2)7-5-10/h9-10H,4-8H2,1-3H3,(H,12,14). The molecule has 0 aromatic heterocycles. The number of hydrogen-bond donors (Lipinski definition) is 1. The van der Waals surface area contributed by atoms with Gasteiger partial charge in [0.05, 0.1) is 6.10 Å². The maximum absolute atomic E-state index is 11.7. The number of methoxy groups -OCH3 is 1. The lowest BCUT2D eigenvalue weighted by Crippen LogP contribution is -2.41. The zero-order chi connectivity index (χ0) is 11.3. The highest BCUT2D eigenvalue weighted by atomic mass is 16.5. The summed E-state index contributed by atoms with van der Waals surface area (Å²) in [5.41, 5.74) is 0. The lowest BCUT2D eigenvalue weighted by molar-refractivity contribution is -0.126. The second-order valence-electron chi connectivity index (χ2n) is 4.37. The van der Waals surface area contributed by atoms with E-state index in [4.69, 9.17) is 4.74 Å². The van der Waals surface area contributed by atoms with Crippen molar-refractivity contribution in [3.63, 3.8) is 0 Å². The summed E-state index contributed by atoms with van der Waals surface area (Å²) >= 11 is 0. The predicted octanol–water partition coefficient (Wildman–Crippen LogP) is 0.479. The topological polar surface area (TPSA) is 41.6 Å². The minimum atomic E-state index is 0.0974. The largest absolute Gasteiger partial charge is 0.380 e. The van der Waals surface area contributed by atoms with Gasteiger partial charge in [0, 0.05) is 19.6 Å². The van der Waals surface area contributed by atoms with Gasteiger partial charge in [-0.1, -0.05) is 0 Å². The molecule has 1 N–H and O–H groups in total. The number of hydrogen-bond acceptors (Lipinski definition) is 3. The third-order valence-corrected chi connectivity index (χ3v) is 3.06. The molecular formula is C11H22N2O2. The van der Waals surface area contributed by atoms with Crippen molar-refractivity contribution in [2.24, 2.45) is 5.92 Å². The SMILES string of the molecule is COC(C)CNC(=O)C1CCN(C)CC1. The highest BCUT2D eigenvalue weighted by molar-refractivity contribution is 5.78. The van der Waals surface area contributed by atoms with E-state index in [1.54, 1.807) is 7.11 Å². The molecule has 0 aromatic rings. The van der Waals surface area contributed by atoms with Crippen LogP contribution in [0.25, 0.3) is 0 Å². The van der Waals surface area contributed by atoms with Crippen molar-refractivity contribution in [2.75, 3.05) is 33.8 Å². The summed E-state index contributed by atoms with van der Waals surface area (Å²) < 4.78 is 5.08. The Labute approximate surface area is 92.0 Å². The normalized spacial score (nSPS) is 21.3. The van der Waals surface area contributed by atoms with Crippen molar-refractivity contribution >= 4 is 5.91 Å². The summed E-state index contributed by atoms with van der Waals surface area (Å²) in [6.45, 7) is 4.62. The van der Waals surface area contributed by atoms with E-state index in [1.165, 1.54) is 0 Å². The first-order valence-corrected chi connectivity index (χ1v) is 5.62. The summed E-state index contributed by atoms with van der Waals surface area (Å²) in [7, 11) is 3.76. The molecule has 1 atom stereocenters. The molecule has 0 spiro atoms. The molecule has 1 amide bonds. The number of piperidine rings is 1. The van der Waals surface area contributed by atoms with Crippen molar-refractivity contribution in [1.82, 2.24) is 10.2 Å². The van der Waals surface area contributed by atoms with Crippen LogP contribution in [0.5, 0.6) is 0 Å². The first-order valence-electron chi connectivity index (χ1n) is 5.62. The van der Waals surface area contributed by atoms with Gasteiger partial charge in [-0.05, 0) is 39.9 Å². The van der Waals surface area contributed by atoms with E-state index in [0.717, 1.165) is 25.9 Å². The lowest BCUT2D eigenvalue weighted by atomic mass is 9.96. The van der Waals surface area contributed by atoms with E-state index >= 15 is 0 Å². The first kappa shape index (κ1) is 12.5. The number of rotatable bonds is 4. The van der Waals surface area contributed by atoms with Crippen molar-refractivity contribution in [3.05, 3.63) is 0 Å². The van der Waals surface area contributed by atoms with E-state index in [0.29, 0.717) is 6.54 Å². The van der Waals surface area contributed by atoms with Crippen molar-refractivity contribution < 1.29 is 9.53 Å². The molecule has 0 aliphatic carbocycles. The fourth-order valence-corrected chi connectivity index (χ4v) is 1.74. The monoisotopic (exact) mass is 214 g/mol. The number of ether oxygens (including phenoxy) is 1. The molecular weight excluding hydrogens is 192 g/mol. The molecule has 1 unspecified atom stereocenters. The molecule has 1 fully saturated rings. The molecule has 4 heteroatoms. The van der Waals surface area contributed by atoms with Gasteiger partial charge in [0.25, 0.3) is 0 Å². The zero-order valence-electron chi connectivity index (χ0n) is 9.95. The van der Waals surface area contributed by atoms with Crippen molar-refractivity contribution in [2.45, 2.75) is 25.9 Å².